The summed E-state index contributed by atoms with van der Waals surface area (Å²) in [6.45, 7) is 4.14. The van der Waals surface area contributed by atoms with Crippen molar-refractivity contribution < 1.29 is 9.53 Å². The predicted octanol–water partition coefficient (Wildman–Crippen LogP) is 5.33. The summed E-state index contributed by atoms with van der Waals surface area (Å²) in [6.07, 6.45) is 3.45. The first kappa shape index (κ1) is 20.6. The monoisotopic (exact) mass is 414 g/mol. The maximum Gasteiger partial charge on any atom is 0.259 e. The number of anilines is 1. The molecular weight excluding hydrogens is 388 g/mol. The third-order valence-electron chi connectivity index (χ3n) is 5.31. The molecule has 0 radical (unpaired) electrons. The highest BCUT2D eigenvalue weighted by Crippen LogP contribution is 2.25. The van der Waals surface area contributed by atoms with Crippen molar-refractivity contribution in [2.75, 3.05) is 12.4 Å². The zero-order valence-corrected chi connectivity index (χ0v) is 18.1. The molecule has 6 nitrogen and oxygen atoms in total. The van der Waals surface area contributed by atoms with Crippen LogP contribution < -0.4 is 10.1 Å². The third kappa shape index (κ3) is 4.43. The van der Waals surface area contributed by atoms with Gasteiger partial charge < -0.3 is 10.1 Å². The lowest BCUT2D eigenvalue weighted by Crippen LogP contribution is -2.13. The molecule has 0 fully saturated rings. The van der Waals surface area contributed by atoms with Gasteiger partial charge in [-0.2, -0.15) is 4.80 Å². The molecule has 1 N–H and O–H groups in total. The highest BCUT2D eigenvalue weighted by molar-refractivity contribution is 6.07. The topological polar surface area (TPSA) is 69.0 Å². The van der Waals surface area contributed by atoms with Gasteiger partial charge in [-0.15, -0.1) is 10.2 Å². The molecule has 4 aromatic rings. The second kappa shape index (κ2) is 9.00. The molecule has 0 aliphatic rings. The van der Waals surface area contributed by atoms with Gasteiger partial charge >= 0.3 is 0 Å². The van der Waals surface area contributed by atoms with Crippen molar-refractivity contribution >= 4 is 22.6 Å². The molecule has 0 spiro atoms. The maximum atomic E-state index is 12.8. The number of benzene rings is 3. The number of nitrogens with one attached hydrogen (secondary N) is 1. The van der Waals surface area contributed by atoms with Crippen LogP contribution in [0.5, 0.6) is 5.75 Å². The lowest BCUT2D eigenvalue weighted by atomic mass is 10.1. The number of amides is 1. The summed E-state index contributed by atoms with van der Waals surface area (Å²) in [7, 11) is 1.55. The molecule has 0 bridgehead atoms. The molecule has 1 amide bonds. The van der Waals surface area contributed by atoms with E-state index >= 15 is 0 Å². The quantitative estimate of drug-likeness (QED) is 0.444. The first-order chi connectivity index (χ1) is 15.1. The Balaban J connectivity index is 1.59. The Morgan fingerprint density at radius 1 is 1.03 bits per heavy atom. The van der Waals surface area contributed by atoms with E-state index in [1.54, 1.807) is 24.0 Å². The van der Waals surface area contributed by atoms with E-state index in [1.807, 2.05) is 43.3 Å². The minimum atomic E-state index is -0.227. The maximum absolute atomic E-state index is 12.8. The van der Waals surface area contributed by atoms with E-state index in [2.05, 4.69) is 34.6 Å². The van der Waals surface area contributed by atoms with E-state index in [1.165, 1.54) is 18.4 Å². The predicted molar refractivity (Wildman–Crippen MR) is 123 cm³/mol. The van der Waals surface area contributed by atoms with Crippen LogP contribution in [0.15, 0.2) is 60.7 Å². The van der Waals surface area contributed by atoms with Gasteiger partial charge in [-0.05, 0) is 67.3 Å². The second-order valence-corrected chi connectivity index (χ2v) is 7.57. The number of carbonyl (C=O) groups excluding carboxylic acids is 1. The fourth-order valence-electron chi connectivity index (χ4n) is 3.52. The average Bonchev–Trinajstić information content (AvgIpc) is 3.20. The minimum Gasteiger partial charge on any atom is -0.496 e. The van der Waals surface area contributed by atoms with Gasteiger partial charge in [-0.1, -0.05) is 37.6 Å². The first-order valence-electron chi connectivity index (χ1n) is 10.5. The van der Waals surface area contributed by atoms with Crippen LogP contribution in [0, 0.1) is 6.92 Å². The lowest BCUT2D eigenvalue weighted by Gasteiger charge is -2.10. The highest BCUT2D eigenvalue weighted by Gasteiger charge is 2.14. The molecule has 0 saturated heterocycles. The summed E-state index contributed by atoms with van der Waals surface area (Å²) in [6, 6.07) is 19.3. The van der Waals surface area contributed by atoms with Gasteiger partial charge in [0.05, 0.1) is 18.4 Å². The van der Waals surface area contributed by atoms with Gasteiger partial charge in [0.15, 0.2) is 0 Å². The van der Waals surface area contributed by atoms with Gasteiger partial charge in [-0.25, -0.2) is 0 Å². The summed E-state index contributed by atoms with van der Waals surface area (Å²) in [5.74, 6) is 0.307. The Kier molecular flexibility index (Phi) is 5.98. The second-order valence-electron chi connectivity index (χ2n) is 7.57. The van der Waals surface area contributed by atoms with Crippen LogP contribution in [0.2, 0.25) is 0 Å². The van der Waals surface area contributed by atoms with Crippen molar-refractivity contribution in [2.45, 2.75) is 33.1 Å². The largest absolute Gasteiger partial charge is 0.496 e. The zero-order valence-electron chi connectivity index (χ0n) is 18.1. The number of aromatic nitrogens is 3. The molecule has 1 heterocycles. The van der Waals surface area contributed by atoms with Crippen LogP contribution in [0.25, 0.3) is 16.7 Å². The molecule has 0 unspecified atom stereocenters. The summed E-state index contributed by atoms with van der Waals surface area (Å²) in [5.41, 5.74) is 5.83. The number of methoxy groups -OCH3 is 1. The zero-order chi connectivity index (χ0) is 21.8. The smallest absolute Gasteiger partial charge is 0.259 e. The molecule has 1 aromatic heterocycles. The molecule has 158 valence electrons. The Bertz CT molecular complexity index is 1210. The number of carbonyl (C=O) groups is 1. The molecule has 0 aliphatic carbocycles. The van der Waals surface area contributed by atoms with E-state index in [9.17, 15) is 4.79 Å². The average molecular weight is 415 g/mol. The number of hydrogen-bond acceptors (Lipinski definition) is 4. The van der Waals surface area contributed by atoms with Gasteiger partial charge in [0.25, 0.3) is 5.91 Å². The molecule has 3 aromatic carbocycles. The van der Waals surface area contributed by atoms with E-state index in [4.69, 9.17) is 4.74 Å². The number of rotatable bonds is 7. The Morgan fingerprint density at radius 3 is 2.45 bits per heavy atom. The number of ether oxygens (including phenoxy) is 1. The first-order valence-corrected chi connectivity index (χ1v) is 10.5. The van der Waals surface area contributed by atoms with Crippen molar-refractivity contribution in [3.05, 3.63) is 77.4 Å². The van der Waals surface area contributed by atoms with Crippen LogP contribution in [-0.2, 0) is 6.42 Å². The molecule has 6 heteroatoms. The summed E-state index contributed by atoms with van der Waals surface area (Å²) in [4.78, 5) is 14.4. The molecule has 0 aliphatic heterocycles. The van der Waals surface area contributed by atoms with Crippen molar-refractivity contribution in [1.82, 2.24) is 15.0 Å². The number of nitrogens with zero attached hydrogens (tertiary/aromatic N) is 3. The van der Waals surface area contributed by atoms with E-state index in [-0.39, 0.29) is 5.91 Å². The summed E-state index contributed by atoms with van der Waals surface area (Å²) in [5, 5.41) is 12.2. The minimum absolute atomic E-state index is 0.227. The van der Waals surface area contributed by atoms with Gasteiger partial charge in [0.1, 0.15) is 16.8 Å². The van der Waals surface area contributed by atoms with Crippen molar-refractivity contribution in [1.29, 1.82) is 0 Å². The van der Waals surface area contributed by atoms with Gasteiger partial charge in [-0.3, -0.25) is 4.79 Å². The molecule has 4 rings (SSSR count). The van der Waals surface area contributed by atoms with Crippen LogP contribution in [0.1, 0.15) is 41.3 Å². The van der Waals surface area contributed by atoms with Crippen LogP contribution >= 0.6 is 0 Å². The lowest BCUT2D eigenvalue weighted by molar-refractivity contribution is 0.102. The molecule has 0 atom stereocenters. The SMILES string of the molecule is CCCCc1ccc(-n2nc3cc(C)c(NC(=O)c4ccccc4OC)cc3n2)cc1. The van der Waals surface area contributed by atoms with Crippen molar-refractivity contribution in [3.8, 4) is 11.4 Å². The van der Waals surface area contributed by atoms with Crippen molar-refractivity contribution in [3.63, 3.8) is 0 Å². The van der Waals surface area contributed by atoms with Crippen LogP contribution in [0.4, 0.5) is 5.69 Å². The number of unbranched alkanes of at least 4 members (excludes halogenated alkanes) is 1. The van der Waals surface area contributed by atoms with E-state index in [0.29, 0.717) is 17.0 Å². The number of aryl methyl sites for hydroxylation is 2. The summed E-state index contributed by atoms with van der Waals surface area (Å²) < 4.78 is 5.30. The molecular formula is C25H26N4O2. The van der Waals surface area contributed by atoms with Crippen molar-refractivity contribution in [2.24, 2.45) is 0 Å². The highest BCUT2D eigenvalue weighted by atomic mass is 16.5. The van der Waals surface area contributed by atoms with E-state index in [0.717, 1.165) is 28.7 Å². The number of fused-ring (bicyclic) bond motifs is 1. The van der Waals surface area contributed by atoms with Gasteiger partial charge in [0.2, 0.25) is 0 Å². The van der Waals surface area contributed by atoms with Crippen LogP contribution in [0.3, 0.4) is 0 Å². The molecule has 0 saturated carbocycles. The van der Waals surface area contributed by atoms with Crippen LogP contribution in [-0.4, -0.2) is 28.0 Å². The fraction of sp³-hybridized carbons (Fsp3) is 0.240. The Labute approximate surface area is 181 Å². The fourth-order valence-corrected chi connectivity index (χ4v) is 3.52. The Hall–Kier alpha value is -3.67. The third-order valence-corrected chi connectivity index (χ3v) is 5.31. The summed E-state index contributed by atoms with van der Waals surface area (Å²) >= 11 is 0. The molecule has 31 heavy (non-hydrogen) atoms. The Morgan fingerprint density at radius 2 is 1.74 bits per heavy atom. The van der Waals surface area contributed by atoms with E-state index < -0.39 is 0 Å². The standard InChI is InChI=1S/C25H26N4O2/c1-4-5-8-18-11-13-19(14-12-18)29-27-22-15-17(2)21(16-23(22)28-29)26-25(30)20-9-6-7-10-24(20)31-3/h6-7,9-16H,4-5,8H2,1-3H3,(H,26,30). The van der Waals surface area contributed by atoms with Gasteiger partial charge in [0, 0.05) is 5.69 Å². The normalized spacial score (nSPS) is 10.9. The number of para-hydroxylation sites is 1. The number of hydrogen-bond donors (Lipinski definition) is 1.